The van der Waals surface area contributed by atoms with Gasteiger partial charge in [-0.25, -0.2) is 4.98 Å². The Hall–Kier alpha value is -1.95. The van der Waals surface area contributed by atoms with Crippen molar-refractivity contribution in [3.8, 4) is 5.75 Å². The van der Waals surface area contributed by atoms with E-state index in [1.807, 2.05) is 0 Å². The lowest BCUT2D eigenvalue weighted by atomic mass is 10.1. The van der Waals surface area contributed by atoms with Crippen LogP contribution in [0.25, 0.3) is 0 Å². The number of ether oxygens (including phenoxy) is 1. The molecule has 2 rings (SSSR count). The maximum absolute atomic E-state index is 11.9. The molecule has 6 heteroatoms. The van der Waals surface area contributed by atoms with Crippen LogP contribution in [-0.4, -0.2) is 27.7 Å². The lowest BCUT2D eigenvalue weighted by molar-refractivity contribution is 0.0967. The van der Waals surface area contributed by atoms with Gasteiger partial charge in [0.25, 0.3) is 0 Å². The molecule has 0 saturated heterocycles. The smallest absolute Gasteiger partial charge is 0.216 e. The maximum Gasteiger partial charge on any atom is 0.216 e. The van der Waals surface area contributed by atoms with E-state index in [4.69, 9.17) is 17.0 Å². The summed E-state index contributed by atoms with van der Waals surface area (Å²) in [5.74, 6) is 0.688. The molecule has 17 heavy (non-hydrogen) atoms. The van der Waals surface area contributed by atoms with Crippen molar-refractivity contribution in [1.29, 1.82) is 0 Å². The van der Waals surface area contributed by atoms with Gasteiger partial charge >= 0.3 is 0 Å². The number of rotatable bonds is 4. The molecule has 88 valence electrons. The molecule has 0 aliphatic heterocycles. The van der Waals surface area contributed by atoms with Gasteiger partial charge in [0, 0.05) is 5.56 Å². The molecule has 0 atom stereocenters. The van der Waals surface area contributed by atoms with Crippen LogP contribution in [0.3, 0.4) is 0 Å². The number of H-pyrrole nitrogens is 1. The molecule has 0 spiro atoms. The van der Waals surface area contributed by atoms with Crippen LogP contribution < -0.4 is 4.74 Å². The van der Waals surface area contributed by atoms with Crippen LogP contribution in [0.1, 0.15) is 10.4 Å². The van der Waals surface area contributed by atoms with E-state index >= 15 is 0 Å². The van der Waals surface area contributed by atoms with Gasteiger partial charge in [-0.05, 0) is 36.5 Å². The van der Waals surface area contributed by atoms with Gasteiger partial charge in [0.05, 0.1) is 7.11 Å². The van der Waals surface area contributed by atoms with Crippen molar-refractivity contribution in [2.24, 2.45) is 0 Å². The quantitative estimate of drug-likeness (QED) is 0.663. The molecule has 1 aromatic heterocycles. The van der Waals surface area contributed by atoms with Gasteiger partial charge in [-0.3, -0.25) is 14.6 Å². The fourth-order valence-corrected chi connectivity index (χ4v) is 1.57. The monoisotopic (exact) mass is 249 g/mol. The standard InChI is InChI=1S/C11H11N3O2S/c1-16-9-4-2-8(3-5-9)10(15)6-14-11(17)12-7-13-14/h2-5,7H,6H2,1H3,(H,12,13,17). The van der Waals surface area contributed by atoms with Gasteiger partial charge < -0.3 is 4.74 Å². The van der Waals surface area contributed by atoms with Crippen molar-refractivity contribution in [2.75, 3.05) is 7.11 Å². The second kappa shape index (κ2) is 4.92. The number of methoxy groups -OCH3 is 1. The molecule has 1 heterocycles. The number of benzene rings is 1. The Morgan fingerprint density at radius 3 is 2.71 bits per heavy atom. The number of nitrogens with zero attached hydrogens (tertiary/aromatic N) is 2. The predicted octanol–water partition coefficient (Wildman–Crippen LogP) is 1.83. The summed E-state index contributed by atoms with van der Waals surface area (Å²) in [4.78, 5) is 15.7. The van der Waals surface area contributed by atoms with E-state index < -0.39 is 0 Å². The summed E-state index contributed by atoms with van der Waals surface area (Å²) in [5.41, 5.74) is 0.613. The molecule has 0 aliphatic carbocycles. The zero-order chi connectivity index (χ0) is 12.3. The first-order chi connectivity index (χ1) is 8.20. The Bertz CT molecular complexity index is 571. The summed E-state index contributed by atoms with van der Waals surface area (Å²) in [6, 6.07) is 6.95. The summed E-state index contributed by atoms with van der Waals surface area (Å²) in [7, 11) is 1.58. The summed E-state index contributed by atoms with van der Waals surface area (Å²) in [5, 5.41) is 2.78. The average molecular weight is 249 g/mol. The molecule has 0 radical (unpaired) electrons. The fraction of sp³-hybridized carbons (Fsp3) is 0.182. The molecule has 1 aromatic carbocycles. The van der Waals surface area contributed by atoms with Crippen LogP contribution in [0.15, 0.2) is 30.6 Å². The third-order valence-electron chi connectivity index (χ3n) is 2.33. The van der Waals surface area contributed by atoms with Gasteiger partial charge in [-0.1, -0.05) is 0 Å². The number of carbonyl (C=O) groups excluding carboxylic acids is 1. The minimum atomic E-state index is -0.0343. The number of nitrogens with one attached hydrogen (secondary N) is 1. The zero-order valence-corrected chi connectivity index (χ0v) is 10.0. The van der Waals surface area contributed by atoms with Crippen molar-refractivity contribution >= 4 is 18.0 Å². The van der Waals surface area contributed by atoms with Crippen LogP contribution >= 0.6 is 12.2 Å². The first-order valence-corrected chi connectivity index (χ1v) is 5.39. The third-order valence-corrected chi connectivity index (χ3v) is 2.66. The van der Waals surface area contributed by atoms with Gasteiger partial charge in [0.2, 0.25) is 4.77 Å². The molecule has 0 bridgehead atoms. The zero-order valence-electron chi connectivity index (χ0n) is 9.21. The number of Topliss-reactive ketones (excluding diaryl/α,β-unsaturated/α-hetero) is 1. The van der Waals surface area contributed by atoms with Crippen molar-refractivity contribution in [1.82, 2.24) is 14.8 Å². The van der Waals surface area contributed by atoms with Crippen LogP contribution in [-0.2, 0) is 6.54 Å². The van der Waals surface area contributed by atoms with Crippen LogP contribution in [0.5, 0.6) is 5.75 Å². The first kappa shape index (κ1) is 11.5. The van der Waals surface area contributed by atoms with E-state index in [1.165, 1.54) is 11.0 Å². The molecule has 5 nitrogen and oxygen atoms in total. The normalized spacial score (nSPS) is 10.2. The van der Waals surface area contributed by atoms with Gasteiger partial charge in [0.15, 0.2) is 5.78 Å². The van der Waals surface area contributed by atoms with Gasteiger partial charge in [-0.2, -0.15) is 0 Å². The molecule has 0 amide bonds. The minimum Gasteiger partial charge on any atom is -0.497 e. The number of ketones is 1. The fourth-order valence-electron chi connectivity index (χ4n) is 1.40. The Morgan fingerprint density at radius 2 is 2.18 bits per heavy atom. The maximum atomic E-state index is 11.9. The highest BCUT2D eigenvalue weighted by molar-refractivity contribution is 7.71. The van der Waals surface area contributed by atoms with E-state index in [2.05, 4.69) is 10.1 Å². The Labute approximate surface area is 103 Å². The number of aromatic amines is 1. The van der Waals surface area contributed by atoms with E-state index in [0.717, 1.165) is 5.75 Å². The van der Waals surface area contributed by atoms with Crippen molar-refractivity contribution < 1.29 is 9.53 Å². The summed E-state index contributed by atoms with van der Waals surface area (Å²) < 4.78 is 6.91. The highest BCUT2D eigenvalue weighted by atomic mass is 32.1. The van der Waals surface area contributed by atoms with Crippen LogP contribution in [0.2, 0.25) is 0 Å². The van der Waals surface area contributed by atoms with Crippen LogP contribution in [0.4, 0.5) is 0 Å². The largest absolute Gasteiger partial charge is 0.497 e. The summed E-state index contributed by atoms with van der Waals surface area (Å²) in [6.07, 6.45) is 1.46. The van der Waals surface area contributed by atoms with E-state index in [-0.39, 0.29) is 12.3 Å². The second-order valence-corrected chi connectivity index (χ2v) is 3.77. The number of hydrogen-bond donors (Lipinski definition) is 1. The SMILES string of the molecule is COc1ccc(C(=O)Cn2[nH]cnc2=S)cc1. The van der Waals surface area contributed by atoms with Crippen molar-refractivity contribution in [3.05, 3.63) is 40.9 Å². The molecule has 0 aliphatic rings. The molecular weight excluding hydrogens is 238 g/mol. The number of hydrogen-bond acceptors (Lipinski definition) is 4. The van der Waals surface area contributed by atoms with Crippen molar-refractivity contribution in [2.45, 2.75) is 6.54 Å². The molecule has 2 aromatic rings. The summed E-state index contributed by atoms with van der Waals surface area (Å²) in [6.45, 7) is 0.158. The molecular formula is C11H11N3O2S. The summed E-state index contributed by atoms with van der Waals surface area (Å²) >= 11 is 4.94. The molecule has 1 N–H and O–H groups in total. The van der Waals surface area contributed by atoms with Gasteiger partial charge in [0.1, 0.15) is 18.6 Å². The topological polar surface area (TPSA) is 59.9 Å². The first-order valence-electron chi connectivity index (χ1n) is 4.98. The van der Waals surface area contributed by atoms with Gasteiger partial charge in [-0.15, -0.1) is 0 Å². The minimum absolute atomic E-state index is 0.0343. The Kier molecular flexibility index (Phi) is 3.34. The van der Waals surface area contributed by atoms with E-state index in [9.17, 15) is 4.79 Å². The highest BCUT2D eigenvalue weighted by Gasteiger charge is 2.07. The van der Waals surface area contributed by atoms with Crippen LogP contribution in [0, 0.1) is 4.77 Å². The van der Waals surface area contributed by atoms with Crippen molar-refractivity contribution in [3.63, 3.8) is 0 Å². The highest BCUT2D eigenvalue weighted by Crippen LogP contribution is 2.12. The van der Waals surface area contributed by atoms with E-state index in [1.54, 1.807) is 31.4 Å². The molecule has 0 unspecified atom stereocenters. The number of aromatic nitrogens is 3. The average Bonchev–Trinajstić information content (AvgIpc) is 2.75. The lowest BCUT2D eigenvalue weighted by Crippen LogP contribution is -2.11. The second-order valence-electron chi connectivity index (χ2n) is 3.41. The molecule has 0 saturated carbocycles. The predicted molar refractivity (Wildman–Crippen MR) is 64.7 cm³/mol. The molecule has 0 fully saturated rings. The lowest BCUT2D eigenvalue weighted by Gasteiger charge is -2.03. The Balaban J connectivity index is 2.14. The third kappa shape index (κ3) is 2.59. The number of carbonyl (C=O) groups is 1. The van der Waals surface area contributed by atoms with E-state index in [0.29, 0.717) is 10.3 Å². The Morgan fingerprint density at radius 1 is 1.47 bits per heavy atom.